The van der Waals surface area contributed by atoms with E-state index in [0.29, 0.717) is 4.57 Å². The fourth-order valence-electron chi connectivity index (χ4n) is 0.794. The lowest BCUT2D eigenvalue weighted by Crippen LogP contribution is -2.44. The van der Waals surface area contributed by atoms with Crippen molar-refractivity contribution in [3.63, 3.8) is 0 Å². The lowest BCUT2D eigenvalue weighted by molar-refractivity contribution is 0.0858. The van der Waals surface area contributed by atoms with Gasteiger partial charge in [-0.05, 0) is 23.6 Å². The minimum Gasteiger partial charge on any atom is -0.274 e. The Morgan fingerprint density at radius 2 is 1.94 bits per heavy atom. The van der Waals surface area contributed by atoms with Gasteiger partial charge >= 0.3 is 5.69 Å². The summed E-state index contributed by atoms with van der Waals surface area (Å²) in [4.78, 5) is 35.4. The molecule has 16 heavy (non-hydrogen) atoms. The maximum atomic E-state index is 11.6. The Hall–Kier alpha value is -0.530. The monoisotopic (exact) mass is 305 g/mol. The summed E-state index contributed by atoms with van der Waals surface area (Å²) in [6.07, 6.45) is 0.903. The van der Waals surface area contributed by atoms with E-state index in [-0.39, 0.29) is 3.94 Å². The van der Waals surface area contributed by atoms with Gasteiger partial charge in [0, 0.05) is 12.3 Å². The molecule has 0 spiro atoms. The van der Waals surface area contributed by atoms with Crippen LogP contribution in [0, 0.1) is 0 Å². The van der Waals surface area contributed by atoms with Crippen molar-refractivity contribution in [1.82, 2.24) is 13.5 Å². The summed E-state index contributed by atoms with van der Waals surface area (Å²) in [5.41, 5.74) is -1.67. The first kappa shape index (κ1) is 13.5. The van der Waals surface area contributed by atoms with Gasteiger partial charge in [-0.1, -0.05) is 27.1 Å². The molecule has 0 aromatic carbocycles. The molecule has 1 heterocycles. The van der Waals surface area contributed by atoms with E-state index in [1.165, 1.54) is 0 Å². The predicted octanol–water partition coefficient (Wildman–Crippen LogP) is 0.918. The molecule has 1 rings (SSSR count). The number of aromatic nitrogens is 2. The minimum absolute atomic E-state index is 0.177. The Morgan fingerprint density at radius 3 is 2.38 bits per heavy atom. The van der Waals surface area contributed by atoms with Crippen LogP contribution in [-0.2, 0) is 0 Å². The van der Waals surface area contributed by atoms with Crippen LogP contribution in [0.15, 0.2) is 21.9 Å². The maximum Gasteiger partial charge on any atom is 0.335 e. The molecule has 6 nitrogen and oxygen atoms in total. The van der Waals surface area contributed by atoms with Crippen LogP contribution in [0.5, 0.6) is 0 Å². The number of H-pyrrole nitrogens is 1. The Bertz CT molecular complexity index is 520. The first-order chi connectivity index (χ1) is 7.26. The van der Waals surface area contributed by atoms with Crippen molar-refractivity contribution in [2.75, 3.05) is 0 Å². The topological polar surface area (TPSA) is 75.2 Å². The van der Waals surface area contributed by atoms with E-state index in [9.17, 15) is 14.4 Å². The fourth-order valence-corrected chi connectivity index (χ4v) is 1.12. The van der Waals surface area contributed by atoms with Crippen molar-refractivity contribution in [2.45, 2.75) is 4.46 Å². The van der Waals surface area contributed by atoms with E-state index in [4.69, 9.17) is 46.8 Å². The summed E-state index contributed by atoms with van der Waals surface area (Å²) in [5, 5.41) is 0. The zero-order chi connectivity index (χ0) is 12.5. The van der Waals surface area contributed by atoms with Crippen LogP contribution in [0.2, 0.25) is 0 Å². The molecule has 0 radical (unpaired) electrons. The molecule has 1 aromatic rings. The summed E-state index contributed by atoms with van der Waals surface area (Å²) in [6, 6.07) is 0.940. The van der Waals surface area contributed by atoms with Crippen molar-refractivity contribution in [3.05, 3.63) is 33.1 Å². The molecule has 0 aliphatic carbocycles. The zero-order valence-electron chi connectivity index (χ0n) is 7.29. The van der Waals surface area contributed by atoms with E-state index < -0.39 is 21.6 Å². The number of nitrogens with zero attached hydrogens (tertiary/aromatic N) is 2. The van der Waals surface area contributed by atoms with E-state index in [1.807, 2.05) is 4.98 Å². The van der Waals surface area contributed by atoms with Gasteiger partial charge in [-0.2, -0.15) is 0 Å². The van der Waals surface area contributed by atoms with Gasteiger partial charge in [0.05, 0.1) is 0 Å². The lowest BCUT2D eigenvalue weighted by atomic mass is 10.5. The summed E-state index contributed by atoms with van der Waals surface area (Å²) < 4.78 is -1.69. The second kappa shape index (κ2) is 4.77. The average molecular weight is 307 g/mol. The van der Waals surface area contributed by atoms with Crippen LogP contribution in [0.1, 0.15) is 4.79 Å². The van der Waals surface area contributed by atoms with Crippen LogP contribution in [0.4, 0.5) is 0 Å². The molecule has 0 unspecified atom stereocenters. The molecule has 10 heteroatoms. The molecular weight excluding hydrogens is 304 g/mol. The molecule has 0 bridgehead atoms. The molecule has 0 amide bonds. The van der Waals surface area contributed by atoms with Crippen LogP contribution < -0.4 is 11.2 Å². The number of carbonyl (C=O) groups is 1. The van der Waals surface area contributed by atoms with Crippen molar-refractivity contribution >= 4 is 52.7 Å². The standard InChI is InChI=1S/C6H3Cl4N3O3/c7-6(8,13(9)10)4(15)12-2-1-3(14)11-5(12)16/h1-2H,(H,11,14,16). The van der Waals surface area contributed by atoms with Gasteiger partial charge in [0.15, 0.2) is 0 Å². The second-order valence-corrected chi connectivity index (χ2v) is 4.70. The molecule has 1 N–H and O–H groups in total. The second-order valence-electron chi connectivity index (χ2n) is 2.56. The molecule has 0 aliphatic rings. The largest absolute Gasteiger partial charge is 0.335 e. The minimum atomic E-state index is -2.34. The predicted molar refractivity (Wildman–Crippen MR) is 59.9 cm³/mol. The van der Waals surface area contributed by atoms with Gasteiger partial charge in [-0.25, -0.2) is 9.36 Å². The summed E-state index contributed by atoms with van der Waals surface area (Å²) in [6.45, 7) is 0. The van der Waals surface area contributed by atoms with Gasteiger partial charge in [0.2, 0.25) is 0 Å². The van der Waals surface area contributed by atoms with Gasteiger partial charge in [-0.3, -0.25) is 14.6 Å². The van der Waals surface area contributed by atoms with E-state index in [1.54, 1.807) is 0 Å². The third kappa shape index (κ3) is 2.58. The summed E-state index contributed by atoms with van der Waals surface area (Å²) in [7, 11) is 0. The van der Waals surface area contributed by atoms with Crippen molar-refractivity contribution in [2.24, 2.45) is 0 Å². The first-order valence-electron chi connectivity index (χ1n) is 3.63. The molecule has 0 saturated heterocycles. The smallest absolute Gasteiger partial charge is 0.274 e. The van der Waals surface area contributed by atoms with Crippen LogP contribution in [0.3, 0.4) is 0 Å². The van der Waals surface area contributed by atoms with E-state index in [0.717, 1.165) is 12.3 Å². The highest BCUT2D eigenvalue weighted by Gasteiger charge is 2.41. The van der Waals surface area contributed by atoms with Crippen LogP contribution in [0.25, 0.3) is 0 Å². The molecule has 0 aliphatic heterocycles. The number of hydrogen-bond donors (Lipinski definition) is 1. The third-order valence-corrected chi connectivity index (χ3v) is 3.03. The van der Waals surface area contributed by atoms with Gasteiger partial charge < -0.3 is 0 Å². The average Bonchev–Trinajstić information content (AvgIpc) is 2.16. The number of halogens is 4. The number of nitrogens with one attached hydrogen (secondary N) is 1. The Kier molecular flexibility index (Phi) is 4.03. The molecule has 0 fully saturated rings. The number of hydrogen-bond acceptors (Lipinski definition) is 4. The van der Waals surface area contributed by atoms with Crippen LogP contribution in [-0.4, -0.2) is 23.9 Å². The Labute approximate surface area is 108 Å². The first-order valence-corrected chi connectivity index (χ1v) is 5.06. The zero-order valence-corrected chi connectivity index (χ0v) is 10.3. The highest BCUT2D eigenvalue weighted by Crippen LogP contribution is 2.31. The quantitative estimate of drug-likeness (QED) is 0.501. The highest BCUT2D eigenvalue weighted by atomic mass is 35.6. The van der Waals surface area contributed by atoms with Gasteiger partial charge in [0.1, 0.15) is 0 Å². The number of carbonyl (C=O) groups excluding carboxylic acids is 1. The maximum absolute atomic E-state index is 11.6. The van der Waals surface area contributed by atoms with Crippen LogP contribution >= 0.6 is 46.8 Å². The summed E-state index contributed by atoms with van der Waals surface area (Å²) >= 11 is 21.4. The normalized spacial score (nSPS) is 11.8. The number of rotatable bonds is 2. The molecular formula is C6H3Cl4N3O3. The molecule has 0 saturated carbocycles. The lowest BCUT2D eigenvalue weighted by Gasteiger charge is -2.20. The highest BCUT2D eigenvalue weighted by molar-refractivity contribution is 6.62. The fraction of sp³-hybridized carbons (Fsp3) is 0.167. The summed E-state index contributed by atoms with van der Waals surface area (Å²) in [5.74, 6) is -1.12. The number of aromatic amines is 1. The van der Waals surface area contributed by atoms with E-state index >= 15 is 0 Å². The molecule has 88 valence electrons. The Balaban J connectivity index is 3.26. The van der Waals surface area contributed by atoms with Gasteiger partial charge in [0.25, 0.3) is 15.9 Å². The third-order valence-electron chi connectivity index (χ3n) is 1.51. The molecule has 1 aromatic heterocycles. The van der Waals surface area contributed by atoms with Crippen molar-refractivity contribution in [1.29, 1.82) is 0 Å². The molecule has 0 atom stereocenters. The van der Waals surface area contributed by atoms with Gasteiger partial charge in [-0.15, -0.1) is 0 Å². The Morgan fingerprint density at radius 1 is 1.38 bits per heavy atom. The van der Waals surface area contributed by atoms with Crippen molar-refractivity contribution < 1.29 is 4.79 Å². The van der Waals surface area contributed by atoms with Crippen molar-refractivity contribution in [3.8, 4) is 0 Å². The van der Waals surface area contributed by atoms with E-state index in [2.05, 4.69) is 0 Å². The SMILES string of the molecule is O=C(n1ccc(=O)[nH]c1=O)C(Cl)(Cl)N(Cl)Cl. The number of alkyl halides is 2.